The van der Waals surface area contributed by atoms with E-state index in [1.54, 1.807) is 6.92 Å². The van der Waals surface area contributed by atoms with Crippen molar-refractivity contribution in [1.82, 2.24) is 4.57 Å². The number of rotatable bonds is 4. The van der Waals surface area contributed by atoms with E-state index in [0.717, 1.165) is 16.5 Å². The maximum absolute atomic E-state index is 12.3. The van der Waals surface area contributed by atoms with E-state index in [0.29, 0.717) is 18.9 Å². The Bertz CT molecular complexity index is 539. The van der Waals surface area contributed by atoms with Gasteiger partial charge in [0.2, 0.25) is 0 Å². The number of hydrogen-bond donors (Lipinski definition) is 1. The van der Waals surface area contributed by atoms with E-state index >= 15 is 0 Å². The second-order valence-electron chi connectivity index (χ2n) is 4.05. The summed E-state index contributed by atoms with van der Waals surface area (Å²) < 4.78 is 14.2. The van der Waals surface area contributed by atoms with Gasteiger partial charge < -0.3 is 10.3 Å². The van der Waals surface area contributed by atoms with Gasteiger partial charge in [-0.3, -0.25) is 4.99 Å². The van der Waals surface area contributed by atoms with Gasteiger partial charge in [0.1, 0.15) is 6.67 Å². The number of nitrogens with zero attached hydrogens (tertiary/aromatic N) is 2. The summed E-state index contributed by atoms with van der Waals surface area (Å²) in [6, 6.07) is 8.06. The smallest absolute Gasteiger partial charge is 0.107 e. The molecule has 4 heteroatoms. The quantitative estimate of drug-likeness (QED) is 0.638. The highest BCUT2D eigenvalue weighted by Gasteiger charge is 2.01. The summed E-state index contributed by atoms with van der Waals surface area (Å²) in [7, 11) is 0. The number of amidine groups is 1. The third-order valence-electron chi connectivity index (χ3n) is 2.67. The molecule has 1 aromatic carbocycles. The van der Waals surface area contributed by atoms with Gasteiger partial charge >= 0.3 is 0 Å². The number of hydrogen-bond acceptors (Lipinski definition) is 1. The Kier molecular flexibility index (Phi) is 3.42. The van der Waals surface area contributed by atoms with Gasteiger partial charge in [-0.1, -0.05) is 6.07 Å². The average molecular weight is 232 g/mol. The Hall–Kier alpha value is -1.84. The second kappa shape index (κ2) is 4.99. The second-order valence-corrected chi connectivity index (χ2v) is 4.05. The fraction of sp³-hybridized carbons (Fsp3) is 0.308. The SMILES string of the molecule is CC(N)=NCc1ccc2c(ccn2CC[18F])c1. The highest BCUT2D eigenvalue weighted by Crippen LogP contribution is 2.18. The Morgan fingerprint density at radius 2 is 2.24 bits per heavy atom. The Labute approximate surface area is 99.8 Å². The van der Waals surface area contributed by atoms with Crippen LogP contribution in [-0.2, 0) is 13.1 Å². The molecular weight excluding hydrogens is 216 g/mol. The zero-order valence-corrected chi connectivity index (χ0v) is 9.86. The van der Waals surface area contributed by atoms with Crippen LogP contribution < -0.4 is 5.73 Å². The van der Waals surface area contributed by atoms with Gasteiger partial charge in [-0.05, 0) is 36.1 Å². The number of alkyl halides is 1. The number of aromatic nitrogens is 1. The van der Waals surface area contributed by atoms with Crippen LogP contribution >= 0.6 is 0 Å². The van der Waals surface area contributed by atoms with Gasteiger partial charge in [0, 0.05) is 11.7 Å². The lowest BCUT2D eigenvalue weighted by Gasteiger charge is -2.03. The van der Waals surface area contributed by atoms with Crippen molar-refractivity contribution in [1.29, 1.82) is 0 Å². The highest BCUT2D eigenvalue weighted by atomic mass is 18.2. The molecule has 0 saturated heterocycles. The molecule has 0 saturated carbocycles. The molecule has 2 rings (SSSR count). The van der Waals surface area contributed by atoms with Crippen LogP contribution in [0.25, 0.3) is 10.9 Å². The molecule has 0 bridgehead atoms. The zero-order valence-electron chi connectivity index (χ0n) is 9.86. The van der Waals surface area contributed by atoms with Crippen LogP contribution in [0.2, 0.25) is 0 Å². The van der Waals surface area contributed by atoms with Crippen molar-refractivity contribution in [3.05, 3.63) is 36.0 Å². The van der Waals surface area contributed by atoms with Crippen LogP contribution in [0.4, 0.5) is 4.39 Å². The van der Waals surface area contributed by atoms with E-state index in [-0.39, 0.29) is 6.67 Å². The van der Waals surface area contributed by atoms with E-state index in [2.05, 4.69) is 11.1 Å². The van der Waals surface area contributed by atoms with Crippen LogP contribution in [0.5, 0.6) is 0 Å². The summed E-state index contributed by atoms with van der Waals surface area (Å²) >= 11 is 0. The molecular formula is C13H16FN3. The van der Waals surface area contributed by atoms with Crippen molar-refractivity contribution >= 4 is 16.7 Å². The lowest BCUT2D eigenvalue weighted by Crippen LogP contribution is -2.05. The van der Waals surface area contributed by atoms with Crippen molar-refractivity contribution in [2.24, 2.45) is 10.7 Å². The van der Waals surface area contributed by atoms with E-state index in [4.69, 9.17) is 5.73 Å². The Morgan fingerprint density at radius 3 is 2.94 bits per heavy atom. The predicted molar refractivity (Wildman–Crippen MR) is 68.9 cm³/mol. The Morgan fingerprint density at radius 1 is 1.41 bits per heavy atom. The number of halogens is 1. The molecule has 2 aromatic rings. The molecule has 17 heavy (non-hydrogen) atoms. The summed E-state index contributed by atoms with van der Waals surface area (Å²) in [5.41, 5.74) is 7.67. The fourth-order valence-corrected chi connectivity index (χ4v) is 1.85. The third kappa shape index (κ3) is 2.64. The zero-order chi connectivity index (χ0) is 12.3. The molecule has 0 spiro atoms. The largest absolute Gasteiger partial charge is 0.388 e. The predicted octanol–water partition coefficient (Wildman–Crippen LogP) is 2.49. The van der Waals surface area contributed by atoms with Gasteiger partial charge in [0.15, 0.2) is 0 Å². The standard InChI is InChI=1S/C13H16FN3/c1-10(15)16-9-11-2-3-13-12(8-11)4-6-17(13)7-5-14/h2-4,6,8H,5,7,9H2,1H3,(H2,15,16)/i14-1. The van der Waals surface area contributed by atoms with Crippen molar-refractivity contribution in [3.63, 3.8) is 0 Å². The number of nitrogens with two attached hydrogens (primary N) is 1. The number of fused-ring (bicyclic) bond motifs is 1. The molecule has 90 valence electrons. The number of aryl methyl sites for hydroxylation is 1. The summed E-state index contributed by atoms with van der Waals surface area (Å²) in [4.78, 5) is 4.17. The van der Waals surface area contributed by atoms with Crippen molar-refractivity contribution < 1.29 is 4.39 Å². The van der Waals surface area contributed by atoms with Gasteiger partial charge in [-0.25, -0.2) is 4.39 Å². The Balaban J connectivity index is 2.29. The first kappa shape index (κ1) is 11.6. The number of benzene rings is 1. The highest BCUT2D eigenvalue weighted by molar-refractivity contribution is 5.81. The molecule has 0 fully saturated rings. The molecule has 0 radical (unpaired) electrons. The molecule has 1 heterocycles. The van der Waals surface area contributed by atoms with E-state index in [1.165, 1.54) is 0 Å². The summed E-state index contributed by atoms with van der Waals surface area (Å²) in [6.07, 6.45) is 1.91. The van der Waals surface area contributed by atoms with Gasteiger partial charge in [-0.15, -0.1) is 0 Å². The molecule has 0 aliphatic carbocycles. The van der Waals surface area contributed by atoms with Crippen molar-refractivity contribution in [2.45, 2.75) is 20.0 Å². The summed E-state index contributed by atoms with van der Waals surface area (Å²) in [5.74, 6) is 0.583. The van der Waals surface area contributed by atoms with Crippen LogP contribution in [0.1, 0.15) is 12.5 Å². The van der Waals surface area contributed by atoms with Crippen LogP contribution in [-0.4, -0.2) is 17.1 Å². The van der Waals surface area contributed by atoms with E-state index in [9.17, 15) is 4.39 Å². The first-order valence-electron chi connectivity index (χ1n) is 5.61. The minimum absolute atomic E-state index is 0.345. The van der Waals surface area contributed by atoms with Crippen molar-refractivity contribution in [3.8, 4) is 0 Å². The molecule has 0 aliphatic rings. The van der Waals surface area contributed by atoms with Crippen LogP contribution in [0.3, 0.4) is 0 Å². The lowest BCUT2D eigenvalue weighted by molar-refractivity contribution is 0.451. The van der Waals surface area contributed by atoms with Gasteiger partial charge in [0.05, 0.1) is 18.9 Å². The monoisotopic (exact) mass is 232 g/mol. The minimum atomic E-state index is -0.345. The van der Waals surface area contributed by atoms with Gasteiger partial charge in [0.25, 0.3) is 0 Å². The van der Waals surface area contributed by atoms with E-state index < -0.39 is 0 Å². The number of aliphatic imine (C=N–C) groups is 1. The molecule has 3 nitrogen and oxygen atoms in total. The lowest BCUT2D eigenvalue weighted by atomic mass is 10.1. The van der Waals surface area contributed by atoms with E-state index in [1.807, 2.05) is 29.0 Å². The topological polar surface area (TPSA) is 43.3 Å². The summed E-state index contributed by atoms with van der Waals surface area (Å²) in [6.45, 7) is 2.42. The molecule has 1 aromatic heterocycles. The average Bonchev–Trinajstić information content (AvgIpc) is 2.70. The molecule has 0 amide bonds. The first-order valence-corrected chi connectivity index (χ1v) is 5.61. The van der Waals surface area contributed by atoms with Gasteiger partial charge in [-0.2, -0.15) is 0 Å². The maximum Gasteiger partial charge on any atom is 0.107 e. The molecule has 0 unspecified atom stereocenters. The fourth-order valence-electron chi connectivity index (χ4n) is 1.85. The molecule has 2 N–H and O–H groups in total. The van der Waals surface area contributed by atoms with Crippen LogP contribution in [0.15, 0.2) is 35.5 Å². The van der Waals surface area contributed by atoms with Crippen molar-refractivity contribution in [2.75, 3.05) is 6.67 Å². The molecule has 0 atom stereocenters. The first-order chi connectivity index (χ1) is 8.20. The summed E-state index contributed by atoms with van der Waals surface area (Å²) in [5, 5.41) is 1.11. The minimum Gasteiger partial charge on any atom is -0.388 e. The van der Waals surface area contributed by atoms with Crippen LogP contribution in [0, 0.1) is 0 Å². The maximum atomic E-state index is 12.3. The third-order valence-corrected chi connectivity index (χ3v) is 2.67. The normalized spacial score (nSPS) is 12.2. The molecule has 0 aliphatic heterocycles.